The zero-order valence-electron chi connectivity index (χ0n) is 11.2. The molecule has 0 spiro atoms. The van der Waals surface area contributed by atoms with Gasteiger partial charge >= 0.3 is 0 Å². The fraction of sp³-hybridized carbons (Fsp3) is 0.533. The summed E-state index contributed by atoms with van der Waals surface area (Å²) in [5, 5.41) is 3.05. The molecule has 0 heterocycles. The van der Waals surface area contributed by atoms with Gasteiger partial charge in [0.25, 0.3) is 0 Å². The molecule has 0 bridgehead atoms. The molecule has 3 N–H and O–H groups in total. The molecular weight excluding hydrogens is 260 g/mol. The monoisotopic (exact) mass is 280 g/mol. The molecule has 0 saturated heterocycles. The van der Waals surface area contributed by atoms with Gasteiger partial charge in [0, 0.05) is 12.0 Å². The van der Waals surface area contributed by atoms with Gasteiger partial charge in [-0.2, -0.15) is 0 Å². The molecule has 3 nitrogen and oxygen atoms in total. The molecule has 0 unspecified atom stereocenters. The maximum absolute atomic E-state index is 11.9. The fourth-order valence-electron chi connectivity index (χ4n) is 2.65. The number of rotatable bonds is 4. The van der Waals surface area contributed by atoms with E-state index in [1.54, 1.807) is 0 Å². The number of hydrogen-bond donors (Lipinski definition) is 2. The van der Waals surface area contributed by atoms with Gasteiger partial charge in [0.1, 0.15) is 0 Å². The van der Waals surface area contributed by atoms with Gasteiger partial charge in [-0.05, 0) is 43.7 Å². The van der Waals surface area contributed by atoms with Crippen molar-refractivity contribution in [3.8, 4) is 0 Å². The first-order chi connectivity index (χ1) is 8.56. The van der Waals surface area contributed by atoms with E-state index >= 15 is 0 Å². The highest BCUT2D eigenvalue weighted by atomic mass is 35.5. The van der Waals surface area contributed by atoms with Gasteiger partial charge < -0.3 is 11.1 Å². The molecular formula is C15H21ClN2O. The van der Waals surface area contributed by atoms with E-state index < -0.39 is 5.54 Å². The summed E-state index contributed by atoms with van der Waals surface area (Å²) in [6.07, 6.45) is 3.98. The number of hydrogen-bond acceptors (Lipinski definition) is 2. The SMILES string of the molecule is Cc1ccccc1C1(CNC(=O)C2(N)CC2)CC1.Cl. The van der Waals surface area contributed by atoms with Crippen molar-refractivity contribution in [3.63, 3.8) is 0 Å². The first-order valence-corrected chi connectivity index (χ1v) is 6.69. The largest absolute Gasteiger partial charge is 0.354 e. The summed E-state index contributed by atoms with van der Waals surface area (Å²) in [5.74, 6) is 0.0300. The van der Waals surface area contributed by atoms with Crippen molar-refractivity contribution in [2.75, 3.05) is 6.54 Å². The van der Waals surface area contributed by atoms with Gasteiger partial charge in [0.05, 0.1) is 5.54 Å². The topological polar surface area (TPSA) is 55.1 Å². The Morgan fingerprint density at radius 2 is 1.89 bits per heavy atom. The normalized spacial score (nSPS) is 21.2. The van der Waals surface area contributed by atoms with Crippen molar-refractivity contribution in [1.82, 2.24) is 5.32 Å². The highest BCUT2D eigenvalue weighted by Crippen LogP contribution is 2.48. The first-order valence-electron chi connectivity index (χ1n) is 6.69. The number of benzene rings is 1. The van der Waals surface area contributed by atoms with E-state index in [0.29, 0.717) is 0 Å². The van der Waals surface area contributed by atoms with Crippen LogP contribution in [0.15, 0.2) is 24.3 Å². The molecule has 1 aromatic carbocycles. The molecule has 0 aromatic heterocycles. The minimum absolute atomic E-state index is 0. The lowest BCUT2D eigenvalue weighted by molar-refractivity contribution is -0.123. The number of amides is 1. The van der Waals surface area contributed by atoms with Crippen LogP contribution in [0.5, 0.6) is 0 Å². The van der Waals surface area contributed by atoms with Crippen LogP contribution in [0.2, 0.25) is 0 Å². The Balaban J connectivity index is 0.00000133. The Morgan fingerprint density at radius 3 is 2.42 bits per heavy atom. The van der Waals surface area contributed by atoms with E-state index in [9.17, 15) is 4.79 Å². The summed E-state index contributed by atoms with van der Waals surface area (Å²) in [6.45, 7) is 2.87. The summed E-state index contributed by atoms with van der Waals surface area (Å²) in [6, 6.07) is 8.47. The summed E-state index contributed by atoms with van der Waals surface area (Å²) in [5.41, 5.74) is 8.21. The van der Waals surface area contributed by atoms with Gasteiger partial charge in [-0.15, -0.1) is 12.4 Å². The summed E-state index contributed by atoms with van der Waals surface area (Å²) < 4.78 is 0. The van der Waals surface area contributed by atoms with Gasteiger partial charge in [0.2, 0.25) is 5.91 Å². The standard InChI is InChI=1S/C15H20N2O.ClH/c1-11-4-2-3-5-12(11)14(6-7-14)10-17-13(18)15(16)8-9-15;/h2-5H,6-10,16H2,1H3,(H,17,18);1H. The van der Waals surface area contributed by atoms with Crippen LogP contribution in [-0.4, -0.2) is 18.0 Å². The van der Waals surface area contributed by atoms with Crippen LogP contribution >= 0.6 is 12.4 Å². The Labute approximate surface area is 120 Å². The van der Waals surface area contributed by atoms with Crippen molar-refractivity contribution in [1.29, 1.82) is 0 Å². The molecule has 2 aliphatic carbocycles. The number of nitrogens with two attached hydrogens (primary N) is 1. The lowest BCUT2D eigenvalue weighted by atomic mass is 9.92. The molecule has 19 heavy (non-hydrogen) atoms. The van der Waals surface area contributed by atoms with E-state index in [1.807, 2.05) is 0 Å². The van der Waals surface area contributed by atoms with E-state index in [-0.39, 0.29) is 23.7 Å². The molecule has 2 fully saturated rings. The number of carbonyl (C=O) groups excluding carboxylic acids is 1. The molecule has 0 aliphatic heterocycles. The predicted octanol–water partition coefficient (Wildman–Crippen LogP) is 2.06. The molecule has 2 saturated carbocycles. The molecule has 4 heteroatoms. The molecule has 3 rings (SSSR count). The van der Waals surface area contributed by atoms with Crippen LogP contribution in [-0.2, 0) is 10.2 Å². The Bertz CT molecular complexity index is 493. The van der Waals surface area contributed by atoms with Crippen LogP contribution in [0.4, 0.5) is 0 Å². The maximum Gasteiger partial charge on any atom is 0.240 e. The van der Waals surface area contributed by atoms with Crippen molar-refractivity contribution in [2.24, 2.45) is 5.73 Å². The van der Waals surface area contributed by atoms with Crippen molar-refractivity contribution in [2.45, 2.75) is 43.6 Å². The minimum Gasteiger partial charge on any atom is -0.354 e. The third kappa shape index (κ3) is 2.63. The Morgan fingerprint density at radius 1 is 1.26 bits per heavy atom. The van der Waals surface area contributed by atoms with Gasteiger partial charge in [0.15, 0.2) is 0 Å². The van der Waals surface area contributed by atoms with Gasteiger partial charge in [-0.1, -0.05) is 24.3 Å². The maximum atomic E-state index is 11.9. The Kier molecular flexibility index (Phi) is 3.63. The number of carbonyl (C=O) groups is 1. The molecule has 1 aromatic rings. The molecule has 104 valence electrons. The summed E-state index contributed by atoms with van der Waals surface area (Å²) in [4.78, 5) is 11.9. The molecule has 1 amide bonds. The van der Waals surface area contributed by atoms with Gasteiger partial charge in [-0.3, -0.25) is 4.79 Å². The summed E-state index contributed by atoms with van der Waals surface area (Å²) in [7, 11) is 0. The Hall–Kier alpha value is -1.06. The second kappa shape index (κ2) is 4.80. The zero-order chi connectivity index (χ0) is 12.8. The highest BCUT2D eigenvalue weighted by molar-refractivity contribution is 5.89. The third-order valence-electron chi connectivity index (χ3n) is 4.40. The van der Waals surface area contributed by atoms with Crippen molar-refractivity contribution < 1.29 is 4.79 Å². The van der Waals surface area contributed by atoms with Crippen LogP contribution in [0.25, 0.3) is 0 Å². The lowest BCUT2D eigenvalue weighted by Gasteiger charge is -2.20. The molecule has 2 aliphatic rings. The van der Waals surface area contributed by atoms with E-state index in [4.69, 9.17) is 5.73 Å². The zero-order valence-corrected chi connectivity index (χ0v) is 12.1. The molecule has 0 atom stereocenters. The van der Waals surface area contributed by atoms with Crippen LogP contribution in [0, 0.1) is 6.92 Å². The number of halogens is 1. The van der Waals surface area contributed by atoms with E-state index in [2.05, 4.69) is 36.5 Å². The van der Waals surface area contributed by atoms with Crippen LogP contribution in [0.3, 0.4) is 0 Å². The number of aryl methyl sites for hydroxylation is 1. The average Bonchev–Trinajstić information content (AvgIpc) is 3.25. The number of nitrogens with one attached hydrogen (secondary N) is 1. The minimum atomic E-state index is -0.554. The average molecular weight is 281 g/mol. The quantitative estimate of drug-likeness (QED) is 0.887. The fourth-order valence-corrected chi connectivity index (χ4v) is 2.65. The van der Waals surface area contributed by atoms with Crippen molar-refractivity contribution >= 4 is 18.3 Å². The van der Waals surface area contributed by atoms with Crippen LogP contribution in [0.1, 0.15) is 36.8 Å². The van der Waals surface area contributed by atoms with Crippen LogP contribution < -0.4 is 11.1 Å². The second-order valence-corrected chi connectivity index (χ2v) is 5.93. The molecule has 0 radical (unpaired) electrons. The van der Waals surface area contributed by atoms with Crippen molar-refractivity contribution in [3.05, 3.63) is 35.4 Å². The van der Waals surface area contributed by atoms with E-state index in [1.165, 1.54) is 11.1 Å². The third-order valence-corrected chi connectivity index (χ3v) is 4.40. The smallest absolute Gasteiger partial charge is 0.240 e. The predicted molar refractivity (Wildman–Crippen MR) is 78.5 cm³/mol. The lowest BCUT2D eigenvalue weighted by Crippen LogP contribution is -2.45. The summed E-state index contributed by atoms with van der Waals surface area (Å²) >= 11 is 0. The second-order valence-electron chi connectivity index (χ2n) is 5.93. The first kappa shape index (κ1) is 14.4. The van der Waals surface area contributed by atoms with E-state index in [0.717, 1.165) is 32.2 Å². The van der Waals surface area contributed by atoms with Gasteiger partial charge in [-0.25, -0.2) is 0 Å². The highest BCUT2D eigenvalue weighted by Gasteiger charge is 2.49.